The molecule has 2 rings (SSSR count). The SMILES string of the molecule is CCCn1ncc(Br)c1C(NN)C1CCS(=O)(=O)C1. The third-order valence-corrected chi connectivity index (χ3v) is 5.89. The normalized spacial score (nSPS) is 23.6. The summed E-state index contributed by atoms with van der Waals surface area (Å²) in [5.41, 5.74) is 3.71. The highest BCUT2D eigenvalue weighted by Gasteiger charge is 2.36. The van der Waals surface area contributed by atoms with E-state index in [0.717, 1.165) is 23.1 Å². The van der Waals surface area contributed by atoms with Crippen molar-refractivity contribution < 1.29 is 8.42 Å². The molecule has 1 aliphatic rings. The lowest BCUT2D eigenvalue weighted by molar-refractivity contribution is 0.369. The fourth-order valence-electron chi connectivity index (χ4n) is 2.60. The molecule has 6 nitrogen and oxygen atoms in total. The van der Waals surface area contributed by atoms with Crippen molar-refractivity contribution in [2.24, 2.45) is 11.8 Å². The maximum absolute atomic E-state index is 11.6. The van der Waals surface area contributed by atoms with Gasteiger partial charge in [0.1, 0.15) is 0 Å². The van der Waals surface area contributed by atoms with Gasteiger partial charge in [0, 0.05) is 6.54 Å². The number of hydrogen-bond acceptors (Lipinski definition) is 5. The number of hydrogen-bond donors (Lipinski definition) is 2. The summed E-state index contributed by atoms with van der Waals surface area (Å²) in [6, 6.07) is -0.194. The molecule has 0 radical (unpaired) electrons. The van der Waals surface area contributed by atoms with E-state index in [4.69, 9.17) is 5.84 Å². The molecule has 0 bridgehead atoms. The molecule has 1 fully saturated rings. The van der Waals surface area contributed by atoms with Crippen molar-refractivity contribution in [1.29, 1.82) is 0 Å². The third-order valence-electron chi connectivity index (χ3n) is 3.48. The van der Waals surface area contributed by atoms with E-state index < -0.39 is 9.84 Å². The molecule has 2 heterocycles. The fourth-order valence-corrected chi connectivity index (χ4v) is 4.98. The van der Waals surface area contributed by atoms with Crippen LogP contribution in [-0.4, -0.2) is 29.7 Å². The second-order valence-electron chi connectivity index (χ2n) is 4.91. The smallest absolute Gasteiger partial charge is 0.150 e. The molecule has 8 heteroatoms. The number of sulfone groups is 1. The van der Waals surface area contributed by atoms with Crippen LogP contribution in [0.3, 0.4) is 0 Å². The molecular weight excluding hydrogens is 332 g/mol. The third kappa shape index (κ3) is 3.18. The Kier molecular flexibility index (Phi) is 4.65. The van der Waals surface area contributed by atoms with Crippen LogP contribution in [0.25, 0.3) is 0 Å². The van der Waals surface area contributed by atoms with Gasteiger partial charge in [0.25, 0.3) is 0 Å². The standard InChI is InChI=1S/C11H19BrN4O2S/c1-2-4-16-11(9(12)6-14-16)10(15-13)8-3-5-19(17,18)7-8/h6,8,10,15H,2-5,7,13H2,1H3. The Morgan fingerprint density at radius 1 is 1.68 bits per heavy atom. The first-order chi connectivity index (χ1) is 8.98. The Labute approximate surface area is 121 Å². The summed E-state index contributed by atoms with van der Waals surface area (Å²) in [4.78, 5) is 0. The van der Waals surface area contributed by atoms with Crippen LogP contribution in [0.4, 0.5) is 0 Å². The van der Waals surface area contributed by atoms with Crippen LogP contribution in [0.2, 0.25) is 0 Å². The Bertz CT molecular complexity index is 543. The number of rotatable bonds is 5. The van der Waals surface area contributed by atoms with Gasteiger partial charge < -0.3 is 0 Å². The lowest BCUT2D eigenvalue weighted by atomic mass is 9.97. The van der Waals surface area contributed by atoms with Crippen molar-refractivity contribution in [2.75, 3.05) is 11.5 Å². The first-order valence-corrected chi connectivity index (χ1v) is 8.97. The largest absolute Gasteiger partial charge is 0.271 e. The summed E-state index contributed by atoms with van der Waals surface area (Å²) in [7, 11) is -2.92. The second kappa shape index (κ2) is 5.90. The lowest BCUT2D eigenvalue weighted by Crippen LogP contribution is -2.36. The summed E-state index contributed by atoms with van der Waals surface area (Å²) in [6.45, 7) is 2.86. The Balaban J connectivity index is 2.29. The molecule has 1 aliphatic heterocycles. The van der Waals surface area contributed by atoms with Crippen molar-refractivity contribution in [3.05, 3.63) is 16.4 Å². The van der Waals surface area contributed by atoms with Crippen LogP contribution in [0.1, 0.15) is 31.5 Å². The summed E-state index contributed by atoms with van der Waals surface area (Å²) in [5, 5.41) is 4.31. The number of nitrogens with two attached hydrogens (primary N) is 1. The fraction of sp³-hybridized carbons (Fsp3) is 0.727. The molecule has 0 spiro atoms. The highest BCUT2D eigenvalue weighted by molar-refractivity contribution is 9.10. The summed E-state index contributed by atoms with van der Waals surface area (Å²) < 4.78 is 26.0. The van der Waals surface area contributed by atoms with E-state index in [1.165, 1.54) is 0 Å². The highest BCUT2D eigenvalue weighted by atomic mass is 79.9. The first-order valence-electron chi connectivity index (χ1n) is 6.36. The average molecular weight is 351 g/mol. The Hall–Kier alpha value is -0.440. The zero-order chi connectivity index (χ0) is 14.0. The van der Waals surface area contributed by atoms with Crippen LogP contribution < -0.4 is 11.3 Å². The summed E-state index contributed by atoms with van der Waals surface area (Å²) in [5.74, 6) is 6.09. The van der Waals surface area contributed by atoms with Gasteiger partial charge in [-0.2, -0.15) is 5.10 Å². The summed E-state index contributed by atoms with van der Waals surface area (Å²) >= 11 is 3.48. The Morgan fingerprint density at radius 3 is 2.95 bits per heavy atom. The number of nitrogens with one attached hydrogen (secondary N) is 1. The predicted octanol–water partition coefficient (Wildman–Crippen LogP) is 0.995. The second-order valence-corrected chi connectivity index (χ2v) is 7.99. The zero-order valence-electron chi connectivity index (χ0n) is 10.8. The van der Waals surface area contributed by atoms with E-state index in [-0.39, 0.29) is 23.5 Å². The van der Waals surface area contributed by atoms with Gasteiger partial charge in [-0.05, 0) is 34.7 Å². The van der Waals surface area contributed by atoms with Crippen molar-refractivity contribution >= 4 is 25.8 Å². The molecular formula is C11H19BrN4O2S. The highest BCUT2D eigenvalue weighted by Crippen LogP contribution is 2.34. The van der Waals surface area contributed by atoms with Crippen LogP contribution in [0.15, 0.2) is 10.7 Å². The van der Waals surface area contributed by atoms with Crippen LogP contribution in [-0.2, 0) is 16.4 Å². The van der Waals surface area contributed by atoms with Gasteiger partial charge >= 0.3 is 0 Å². The number of hydrazine groups is 1. The molecule has 19 heavy (non-hydrogen) atoms. The number of halogens is 1. The first kappa shape index (κ1) is 15.0. The van der Waals surface area contributed by atoms with Crippen LogP contribution in [0, 0.1) is 5.92 Å². The number of nitrogens with zero attached hydrogens (tertiary/aromatic N) is 2. The molecule has 2 unspecified atom stereocenters. The maximum atomic E-state index is 11.6. The molecule has 0 aromatic carbocycles. The van der Waals surface area contributed by atoms with Gasteiger partial charge in [0.2, 0.25) is 0 Å². The van der Waals surface area contributed by atoms with Crippen molar-refractivity contribution in [2.45, 2.75) is 32.4 Å². The van der Waals surface area contributed by atoms with Crippen LogP contribution >= 0.6 is 15.9 Å². The zero-order valence-corrected chi connectivity index (χ0v) is 13.2. The lowest BCUT2D eigenvalue weighted by Gasteiger charge is -2.23. The van der Waals surface area contributed by atoms with E-state index in [9.17, 15) is 8.42 Å². The van der Waals surface area contributed by atoms with Gasteiger partial charge in [-0.1, -0.05) is 6.92 Å². The van der Waals surface area contributed by atoms with Gasteiger partial charge in [0.05, 0.1) is 33.9 Å². The monoisotopic (exact) mass is 350 g/mol. The van der Waals surface area contributed by atoms with E-state index in [1.807, 2.05) is 4.68 Å². The molecule has 1 aromatic heterocycles. The van der Waals surface area contributed by atoms with Crippen molar-refractivity contribution in [3.8, 4) is 0 Å². The summed E-state index contributed by atoms with van der Waals surface area (Å²) in [6.07, 6.45) is 3.33. The number of aromatic nitrogens is 2. The van der Waals surface area contributed by atoms with Crippen LogP contribution in [0.5, 0.6) is 0 Å². The molecule has 0 saturated carbocycles. The minimum absolute atomic E-state index is 0.00129. The van der Waals surface area contributed by atoms with Crippen molar-refractivity contribution in [1.82, 2.24) is 15.2 Å². The minimum atomic E-state index is -2.92. The van der Waals surface area contributed by atoms with E-state index in [2.05, 4.69) is 33.4 Å². The quantitative estimate of drug-likeness (QED) is 0.610. The Morgan fingerprint density at radius 2 is 2.42 bits per heavy atom. The molecule has 3 N–H and O–H groups in total. The van der Waals surface area contributed by atoms with E-state index in [1.54, 1.807) is 6.20 Å². The van der Waals surface area contributed by atoms with E-state index >= 15 is 0 Å². The number of aryl methyl sites for hydroxylation is 1. The van der Waals surface area contributed by atoms with Crippen molar-refractivity contribution in [3.63, 3.8) is 0 Å². The molecule has 108 valence electrons. The maximum Gasteiger partial charge on any atom is 0.150 e. The average Bonchev–Trinajstić information content (AvgIpc) is 2.87. The topological polar surface area (TPSA) is 90.0 Å². The molecule has 0 aliphatic carbocycles. The van der Waals surface area contributed by atoms with Gasteiger partial charge in [-0.3, -0.25) is 16.0 Å². The molecule has 2 atom stereocenters. The molecule has 0 amide bonds. The minimum Gasteiger partial charge on any atom is -0.271 e. The predicted molar refractivity (Wildman–Crippen MR) is 77.0 cm³/mol. The van der Waals surface area contributed by atoms with Gasteiger partial charge in [-0.15, -0.1) is 0 Å². The van der Waals surface area contributed by atoms with Gasteiger partial charge in [0.15, 0.2) is 9.84 Å². The van der Waals surface area contributed by atoms with E-state index in [0.29, 0.717) is 6.42 Å². The van der Waals surface area contributed by atoms with Gasteiger partial charge in [-0.25, -0.2) is 8.42 Å². The molecule has 1 saturated heterocycles. The molecule has 1 aromatic rings.